The summed E-state index contributed by atoms with van der Waals surface area (Å²) < 4.78 is 0. The molecule has 1 aliphatic rings. The van der Waals surface area contributed by atoms with Crippen molar-refractivity contribution < 1.29 is 9.72 Å². The molecule has 2 aromatic rings. The second-order valence-corrected chi connectivity index (χ2v) is 7.57. The number of carbonyl (C=O) groups is 1. The number of anilines is 1. The van der Waals surface area contributed by atoms with Crippen LogP contribution in [-0.2, 0) is 17.6 Å². The van der Waals surface area contributed by atoms with E-state index in [2.05, 4.69) is 4.90 Å². The van der Waals surface area contributed by atoms with E-state index in [1.165, 1.54) is 0 Å². The molecule has 6 heteroatoms. The van der Waals surface area contributed by atoms with Crippen LogP contribution in [0.3, 0.4) is 0 Å². The van der Waals surface area contributed by atoms with Crippen LogP contribution in [-0.4, -0.2) is 42.9 Å². The van der Waals surface area contributed by atoms with Crippen molar-refractivity contribution in [2.24, 2.45) is 5.92 Å². The first kappa shape index (κ1) is 19.9. The lowest BCUT2D eigenvalue weighted by Crippen LogP contribution is -2.42. The Labute approximate surface area is 165 Å². The topological polar surface area (TPSA) is 66.7 Å². The highest BCUT2D eigenvalue weighted by Crippen LogP contribution is 2.29. The van der Waals surface area contributed by atoms with E-state index in [-0.39, 0.29) is 22.4 Å². The van der Waals surface area contributed by atoms with Crippen molar-refractivity contribution in [1.82, 2.24) is 4.90 Å². The molecule has 1 fully saturated rings. The predicted octanol–water partition coefficient (Wildman–Crippen LogP) is 3.68. The van der Waals surface area contributed by atoms with Gasteiger partial charge in [0.25, 0.3) is 5.69 Å². The van der Waals surface area contributed by atoms with Gasteiger partial charge in [-0.15, -0.1) is 0 Å². The van der Waals surface area contributed by atoms with Gasteiger partial charge in [0.15, 0.2) is 0 Å². The molecule has 1 heterocycles. The van der Waals surface area contributed by atoms with Crippen LogP contribution in [0.15, 0.2) is 48.5 Å². The fourth-order valence-corrected chi connectivity index (χ4v) is 3.85. The van der Waals surface area contributed by atoms with E-state index in [0.717, 1.165) is 42.6 Å². The van der Waals surface area contributed by atoms with E-state index >= 15 is 0 Å². The van der Waals surface area contributed by atoms with Gasteiger partial charge in [-0.2, -0.15) is 0 Å². The van der Waals surface area contributed by atoms with E-state index in [1.54, 1.807) is 25.1 Å². The highest BCUT2D eigenvalue weighted by molar-refractivity contribution is 5.79. The molecule has 0 aliphatic carbocycles. The molecule has 0 saturated carbocycles. The molecule has 0 N–H and O–H groups in total. The Morgan fingerprint density at radius 3 is 2.61 bits per heavy atom. The van der Waals surface area contributed by atoms with E-state index in [4.69, 9.17) is 0 Å². The number of nitro benzene ring substituents is 1. The van der Waals surface area contributed by atoms with Crippen molar-refractivity contribution in [3.8, 4) is 0 Å². The summed E-state index contributed by atoms with van der Waals surface area (Å²) >= 11 is 0. The molecule has 28 heavy (non-hydrogen) atoms. The zero-order valence-corrected chi connectivity index (χ0v) is 16.5. The molecule has 1 saturated heterocycles. The predicted molar refractivity (Wildman–Crippen MR) is 111 cm³/mol. The van der Waals surface area contributed by atoms with Gasteiger partial charge in [0.1, 0.15) is 0 Å². The van der Waals surface area contributed by atoms with Gasteiger partial charge in [0.05, 0.1) is 10.8 Å². The Bertz CT molecular complexity index is 836. The third kappa shape index (κ3) is 4.68. The molecule has 0 radical (unpaired) electrons. The van der Waals surface area contributed by atoms with E-state index in [9.17, 15) is 14.9 Å². The van der Waals surface area contributed by atoms with Gasteiger partial charge < -0.3 is 9.80 Å². The standard InChI is InChI=1S/C22H27N3O3/c1-23(2)22(26)19-9-6-14-24(16-19)20-12-13-21(25(27)28)18(15-20)11-10-17-7-4-3-5-8-17/h3-5,7-8,12-13,15,19H,6,9-11,14,16H2,1-2H3. The number of piperidine rings is 1. The van der Waals surface area contributed by atoms with Gasteiger partial charge in [-0.25, -0.2) is 0 Å². The molecular weight excluding hydrogens is 354 g/mol. The number of amides is 1. The number of hydrogen-bond donors (Lipinski definition) is 0. The summed E-state index contributed by atoms with van der Waals surface area (Å²) in [5, 5.41) is 11.5. The monoisotopic (exact) mass is 381 g/mol. The summed E-state index contributed by atoms with van der Waals surface area (Å²) in [6, 6.07) is 15.4. The lowest BCUT2D eigenvalue weighted by atomic mass is 9.95. The van der Waals surface area contributed by atoms with Crippen LogP contribution in [0.2, 0.25) is 0 Å². The Hall–Kier alpha value is -2.89. The first-order valence-electron chi connectivity index (χ1n) is 9.73. The SMILES string of the molecule is CN(C)C(=O)C1CCCN(c2ccc([N+](=O)[O-])c(CCc3ccccc3)c2)C1. The van der Waals surface area contributed by atoms with Gasteiger partial charge in [0, 0.05) is 44.5 Å². The molecule has 1 unspecified atom stereocenters. The lowest BCUT2D eigenvalue weighted by molar-refractivity contribution is -0.385. The van der Waals surface area contributed by atoms with Gasteiger partial charge in [-0.3, -0.25) is 14.9 Å². The Kier molecular flexibility index (Phi) is 6.29. The van der Waals surface area contributed by atoms with Crippen LogP contribution in [0.5, 0.6) is 0 Å². The molecule has 1 aliphatic heterocycles. The van der Waals surface area contributed by atoms with Crippen molar-refractivity contribution >= 4 is 17.3 Å². The maximum atomic E-state index is 12.4. The summed E-state index contributed by atoms with van der Waals surface area (Å²) in [7, 11) is 3.57. The first-order chi connectivity index (χ1) is 13.5. The molecule has 1 amide bonds. The molecule has 3 rings (SSSR count). The van der Waals surface area contributed by atoms with Crippen LogP contribution < -0.4 is 4.90 Å². The summed E-state index contributed by atoms with van der Waals surface area (Å²) in [5.74, 6) is 0.127. The Morgan fingerprint density at radius 1 is 1.18 bits per heavy atom. The first-order valence-corrected chi connectivity index (χ1v) is 9.73. The smallest absolute Gasteiger partial charge is 0.272 e. The van der Waals surface area contributed by atoms with Crippen molar-refractivity contribution in [3.63, 3.8) is 0 Å². The zero-order chi connectivity index (χ0) is 20.1. The van der Waals surface area contributed by atoms with Gasteiger partial charge >= 0.3 is 0 Å². The van der Waals surface area contributed by atoms with Crippen LogP contribution in [0.1, 0.15) is 24.0 Å². The van der Waals surface area contributed by atoms with Crippen molar-refractivity contribution in [2.75, 3.05) is 32.1 Å². The van der Waals surface area contributed by atoms with Crippen LogP contribution in [0.25, 0.3) is 0 Å². The highest BCUT2D eigenvalue weighted by Gasteiger charge is 2.27. The molecule has 6 nitrogen and oxygen atoms in total. The maximum absolute atomic E-state index is 12.4. The summed E-state index contributed by atoms with van der Waals surface area (Å²) in [4.78, 5) is 27.4. The molecule has 1 atom stereocenters. The van der Waals surface area contributed by atoms with Crippen molar-refractivity contribution in [2.45, 2.75) is 25.7 Å². The number of benzene rings is 2. The molecule has 0 bridgehead atoms. The third-order valence-electron chi connectivity index (χ3n) is 5.36. The van der Waals surface area contributed by atoms with Crippen LogP contribution >= 0.6 is 0 Å². The molecule has 148 valence electrons. The van der Waals surface area contributed by atoms with Gasteiger partial charge in [-0.05, 0) is 43.4 Å². The number of carbonyl (C=O) groups excluding carboxylic acids is 1. The minimum absolute atomic E-state index is 0.0216. The average Bonchev–Trinajstić information content (AvgIpc) is 2.72. The number of rotatable bonds is 6. The average molecular weight is 381 g/mol. The fraction of sp³-hybridized carbons (Fsp3) is 0.409. The summed E-state index contributed by atoms with van der Waals surface area (Å²) in [6.45, 7) is 1.53. The molecule has 0 aromatic heterocycles. The molecule has 2 aromatic carbocycles. The second-order valence-electron chi connectivity index (χ2n) is 7.57. The summed E-state index contributed by atoms with van der Waals surface area (Å²) in [5.41, 5.74) is 3.03. The largest absolute Gasteiger partial charge is 0.371 e. The number of nitrogens with zero attached hydrogens (tertiary/aromatic N) is 3. The number of aryl methyl sites for hydroxylation is 2. The van der Waals surface area contributed by atoms with E-state index < -0.39 is 0 Å². The van der Waals surface area contributed by atoms with Crippen molar-refractivity contribution in [1.29, 1.82) is 0 Å². The van der Waals surface area contributed by atoms with Crippen LogP contribution in [0.4, 0.5) is 11.4 Å². The third-order valence-corrected chi connectivity index (χ3v) is 5.36. The van der Waals surface area contributed by atoms with Crippen LogP contribution in [0, 0.1) is 16.0 Å². The van der Waals surface area contributed by atoms with E-state index in [1.807, 2.05) is 42.5 Å². The zero-order valence-electron chi connectivity index (χ0n) is 16.5. The fourth-order valence-electron chi connectivity index (χ4n) is 3.85. The van der Waals surface area contributed by atoms with E-state index in [0.29, 0.717) is 13.0 Å². The minimum atomic E-state index is -0.307. The quantitative estimate of drug-likeness (QED) is 0.565. The Balaban J connectivity index is 1.80. The van der Waals surface area contributed by atoms with Gasteiger partial charge in [-0.1, -0.05) is 30.3 Å². The maximum Gasteiger partial charge on any atom is 0.272 e. The molecule has 0 spiro atoms. The number of nitro groups is 1. The summed E-state index contributed by atoms with van der Waals surface area (Å²) in [6.07, 6.45) is 3.21. The van der Waals surface area contributed by atoms with Crippen molar-refractivity contribution in [3.05, 3.63) is 69.8 Å². The normalized spacial score (nSPS) is 16.6. The number of hydrogen-bond acceptors (Lipinski definition) is 4. The molecular formula is C22H27N3O3. The Morgan fingerprint density at radius 2 is 1.93 bits per heavy atom. The highest BCUT2D eigenvalue weighted by atomic mass is 16.6. The minimum Gasteiger partial charge on any atom is -0.371 e. The lowest BCUT2D eigenvalue weighted by Gasteiger charge is -2.35. The van der Waals surface area contributed by atoms with Gasteiger partial charge in [0.2, 0.25) is 5.91 Å². The second kappa shape index (κ2) is 8.87.